The molecule has 0 aromatic rings. The van der Waals surface area contributed by atoms with E-state index in [1.807, 2.05) is 0 Å². The zero-order valence-corrected chi connectivity index (χ0v) is 11.6. The van der Waals surface area contributed by atoms with Gasteiger partial charge in [-0.2, -0.15) is 4.89 Å². The highest BCUT2D eigenvalue weighted by Gasteiger charge is 2.52. The molecule has 0 radical (unpaired) electrons. The van der Waals surface area contributed by atoms with Gasteiger partial charge in [0.2, 0.25) is 0 Å². The van der Waals surface area contributed by atoms with Crippen LogP contribution in [0.4, 0.5) is 0 Å². The monoisotopic (exact) mass is 260 g/mol. The molecule has 0 rings (SSSR count). The molecule has 6 heteroatoms. The molecule has 6 nitrogen and oxygen atoms in total. The van der Waals surface area contributed by atoms with Crippen LogP contribution in [0.15, 0.2) is 0 Å². The van der Waals surface area contributed by atoms with Gasteiger partial charge in [0.05, 0.1) is 12.2 Å². The molecule has 0 amide bonds. The van der Waals surface area contributed by atoms with Crippen LogP contribution in [0.2, 0.25) is 0 Å². The normalized spacial score (nSPS) is 11.8. The summed E-state index contributed by atoms with van der Waals surface area (Å²) < 4.78 is 5.20. The predicted octanol–water partition coefficient (Wildman–Crippen LogP) is 1.21. The van der Waals surface area contributed by atoms with Crippen LogP contribution < -0.4 is 0 Å². The van der Waals surface area contributed by atoms with Crippen molar-refractivity contribution in [3.05, 3.63) is 0 Å². The quantitative estimate of drug-likeness (QED) is 0.389. The first-order valence-electron chi connectivity index (χ1n) is 5.72. The van der Waals surface area contributed by atoms with E-state index >= 15 is 0 Å². The summed E-state index contributed by atoms with van der Waals surface area (Å²) in [7, 11) is 0. The van der Waals surface area contributed by atoms with Crippen LogP contribution in [0.3, 0.4) is 0 Å². The van der Waals surface area contributed by atoms with Gasteiger partial charge in [-0.3, -0.25) is 14.5 Å². The van der Waals surface area contributed by atoms with Crippen LogP contribution in [0, 0.1) is 0 Å². The minimum Gasteiger partial charge on any atom is -0.347 e. The van der Waals surface area contributed by atoms with Gasteiger partial charge in [-0.15, -0.1) is 0 Å². The van der Waals surface area contributed by atoms with Gasteiger partial charge in [-0.25, -0.2) is 4.79 Å². The topological polar surface area (TPSA) is 78.9 Å². The highest BCUT2D eigenvalue weighted by atomic mass is 17.2. The van der Waals surface area contributed by atoms with Gasteiger partial charge >= 0.3 is 5.97 Å². The lowest BCUT2D eigenvalue weighted by atomic mass is 9.94. The summed E-state index contributed by atoms with van der Waals surface area (Å²) in [6.45, 7) is 8.69. The Morgan fingerprint density at radius 1 is 0.889 bits per heavy atom. The van der Waals surface area contributed by atoms with Crippen molar-refractivity contribution < 1.29 is 28.9 Å². The molecule has 0 aliphatic rings. The van der Waals surface area contributed by atoms with Crippen LogP contribution in [0.1, 0.15) is 41.5 Å². The van der Waals surface area contributed by atoms with Crippen molar-refractivity contribution in [1.82, 2.24) is 0 Å². The molecule has 0 heterocycles. The lowest BCUT2D eigenvalue weighted by Crippen LogP contribution is -2.56. The van der Waals surface area contributed by atoms with E-state index in [-0.39, 0.29) is 6.10 Å². The number of ketones is 2. The molecular formula is C12H20O6. The molecule has 0 aromatic carbocycles. The maximum atomic E-state index is 11.9. The van der Waals surface area contributed by atoms with E-state index < -0.39 is 29.2 Å². The van der Waals surface area contributed by atoms with Crippen molar-refractivity contribution in [2.75, 3.05) is 0 Å². The zero-order chi connectivity index (χ0) is 14.5. The highest BCUT2D eigenvalue weighted by molar-refractivity contribution is 6.25. The molecule has 0 saturated heterocycles. The summed E-state index contributed by atoms with van der Waals surface area (Å²) in [5.74, 6) is -2.62. The second-order valence-electron chi connectivity index (χ2n) is 4.48. The number of Topliss-reactive ketones (excluding diaryl/α,β-unsaturated/α-hetero) is 2. The number of hydrogen-bond donors (Lipinski definition) is 0. The Bertz CT molecular complexity index is 317. The first-order chi connectivity index (χ1) is 8.14. The van der Waals surface area contributed by atoms with Gasteiger partial charge in [0, 0.05) is 0 Å². The van der Waals surface area contributed by atoms with Crippen LogP contribution in [-0.4, -0.2) is 35.3 Å². The summed E-state index contributed by atoms with van der Waals surface area (Å²) in [4.78, 5) is 44.3. The first-order valence-corrected chi connectivity index (χ1v) is 5.72. The Hall–Kier alpha value is -1.27. The minimum atomic E-state index is -2.25. The summed E-state index contributed by atoms with van der Waals surface area (Å²) in [5.41, 5.74) is -2.25. The Kier molecular flexibility index (Phi) is 6.14. The average molecular weight is 260 g/mol. The average Bonchev–Trinajstić information content (AvgIpc) is 2.20. The van der Waals surface area contributed by atoms with E-state index in [0.29, 0.717) is 0 Å². The van der Waals surface area contributed by atoms with Crippen molar-refractivity contribution in [2.24, 2.45) is 0 Å². The maximum absolute atomic E-state index is 11.9. The second kappa shape index (κ2) is 6.61. The van der Waals surface area contributed by atoms with Crippen LogP contribution in [-0.2, 0) is 28.9 Å². The van der Waals surface area contributed by atoms with E-state index in [0.717, 1.165) is 13.8 Å². The van der Waals surface area contributed by atoms with Crippen LogP contribution in [0.5, 0.6) is 0 Å². The van der Waals surface area contributed by atoms with Gasteiger partial charge in [0.15, 0.2) is 11.6 Å². The molecule has 18 heavy (non-hydrogen) atoms. The zero-order valence-electron chi connectivity index (χ0n) is 11.6. The molecule has 0 aliphatic heterocycles. The van der Waals surface area contributed by atoms with Crippen molar-refractivity contribution >= 4 is 17.5 Å². The van der Waals surface area contributed by atoms with Crippen molar-refractivity contribution in [3.8, 4) is 0 Å². The second-order valence-corrected chi connectivity index (χ2v) is 4.48. The lowest BCUT2D eigenvalue weighted by Gasteiger charge is -2.27. The summed E-state index contributed by atoms with van der Waals surface area (Å²) in [6.07, 6.45) is -0.881. The van der Waals surface area contributed by atoms with E-state index in [4.69, 9.17) is 4.74 Å². The molecule has 104 valence electrons. The SMILES string of the molecule is CC(=O)C(OC(C)C)(C(C)=O)C(=O)OOC(C)C. The maximum Gasteiger partial charge on any atom is 0.389 e. The van der Waals surface area contributed by atoms with Gasteiger partial charge in [0.1, 0.15) is 0 Å². The molecule has 0 unspecified atom stereocenters. The van der Waals surface area contributed by atoms with Gasteiger partial charge in [-0.05, 0) is 41.5 Å². The van der Waals surface area contributed by atoms with Crippen LogP contribution >= 0.6 is 0 Å². The third kappa shape index (κ3) is 3.89. The number of carbonyl (C=O) groups excluding carboxylic acids is 3. The fourth-order valence-electron chi connectivity index (χ4n) is 1.30. The highest BCUT2D eigenvalue weighted by Crippen LogP contribution is 2.20. The van der Waals surface area contributed by atoms with E-state index in [1.165, 1.54) is 0 Å². The molecular weight excluding hydrogens is 240 g/mol. The molecule has 0 fully saturated rings. The molecule has 0 atom stereocenters. The molecule has 0 spiro atoms. The summed E-state index contributed by atoms with van der Waals surface area (Å²) >= 11 is 0. The van der Waals surface area contributed by atoms with Gasteiger partial charge < -0.3 is 4.74 Å². The first kappa shape index (κ1) is 16.7. The summed E-state index contributed by atoms with van der Waals surface area (Å²) in [6, 6.07) is 0. The summed E-state index contributed by atoms with van der Waals surface area (Å²) in [5, 5.41) is 0. The third-order valence-corrected chi connectivity index (χ3v) is 2.01. The van der Waals surface area contributed by atoms with Crippen molar-refractivity contribution in [2.45, 2.75) is 59.4 Å². The van der Waals surface area contributed by atoms with Gasteiger partial charge in [-0.1, -0.05) is 0 Å². The Morgan fingerprint density at radius 3 is 1.61 bits per heavy atom. The minimum absolute atomic E-state index is 0.385. The third-order valence-electron chi connectivity index (χ3n) is 2.01. The predicted molar refractivity (Wildman–Crippen MR) is 62.6 cm³/mol. The number of rotatable bonds is 7. The smallest absolute Gasteiger partial charge is 0.347 e. The standard InChI is InChI=1S/C12H20O6/c1-7(2)16-12(9(5)13,10(6)14)11(15)18-17-8(3)4/h7-8H,1-6H3. The van der Waals surface area contributed by atoms with Crippen LogP contribution in [0.25, 0.3) is 0 Å². The Morgan fingerprint density at radius 2 is 1.33 bits per heavy atom. The molecule has 0 aliphatic carbocycles. The molecule has 0 N–H and O–H groups in total. The van der Waals surface area contributed by atoms with Crippen molar-refractivity contribution in [3.63, 3.8) is 0 Å². The molecule has 0 aromatic heterocycles. The fourth-order valence-corrected chi connectivity index (χ4v) is 1.30. The van der Waals surface area contributed by atoms with E-state index in [2.05, 4.69) is 9.78 Å². The fraction of sp³-hybridized carbons (Fsp3) is 0.750. The van der Waals surface area contributed by atoms with Crippen molar-refractivity contribution in [1.29, 1.82) is 0 Å². The number of carbonyl (C=O) groups is 3. The lowest BCUT2D eigenvalue weighted by molar-refractivity contribution is -0.301. The number of hydrogen-bond acceptors (Lipinski definition) is 6. The van der Waals surface area contributed by atoms with E-state index in [1.54, 1.807) is 27.7 Å². The Labute approximate surface area is 107 Å². The van der Waals surface area contributed by atoms with E-state index in [9.17, 15) is 14.4 Å². The number of ether oxygens (including phenoxy) is 1. The van der Waals surface area contributed by atoms with Gasteiger partial charge in [0.25, 0.3) is 5.60 Å². The molecule has 0 saturated carbocycles. The Balaban J connectivity index is 5.23. The molecule has 0 bridgehead atoms. The largest absolute Gasteiger partial charge is 0.389 e.